The zero-order valence-corrected chi connectivity index (χ0v) is 12.0. The van der Waals surface area contributed by atoms with Crippen LogP contribution in [-0.4, -0.2) is 37.1 Å². The lowest BCUT2D eigenvalue weighted by Crippen LogP contribution is -2.32. The van der Waals surface area contributed by atoms with Gasteiger partial charge in [-0.25, -0.2) is 4.79 Å². The Hall–Kier alpha value is -1.44. The number of alkyl halides is 3. The summed E-state index contributed by atoms with van der Waals surface area (Å²) in [4.78, 5) is 12.9. The third-order valence-corrected chi connectivity index (χ3v) is 3.62. The van der Waals surface area contributed by atoms with E-state index in [2.05, 4.69) is 26.6 Å². The number of nitrogens with zero attached hydrogens (tertiary/aromatic N) is 1. The van der Waals surface area contributed by atoms with Crippen LogP contribution in [0.15, 0.2) is 22.7 Å². The summed E-state index contributed by atoms with van der Waals surface area (Å²) in [7, 11) is 0. The average Bonchev–Trinajstić information content (AvgIpc) is 2.76. The number of benzene rings is 1. The highest BCUT2D eigenvalue weighted by Crippen LogP contribution is 2.36. The zero-order valence-electron chi connectivity index (χ0n) is 10.4. The van der Waals surface area contributed by atoms with Crippen LogP contribution >= 0.6 is 15.9 Å². The van der Waals surface area contributed by atoms with Crippen LogP contribution in [0.25, 0.3) is 0 Å². The van der Waals surface area contributed by atoms with Gasteiger partial charge in [0, 0.05) is 36.3 Å². The summed E-state index contributed by atoms with van der Waals surface area (Å²) in [6.07, 6.45) is -4.40. The molecule has 1 aromatic carbocycles. The van der Waals surface area contributed by atoms with Crippen LogP contribution in [0.4, 0.5) is 23.7 Å². The lowest BCUT2D eigenvalue weighted by atomic mass is 10.2. The van der Waals surface area contributed by atoms with Gasteiger partial charge >= 0.3 is 12.2 Å². The van der Waals surface area contributed by atoms with Gasteiger partial charge in [-0.15, -0.1) is 0 Å². The van der Waals surface area contributed by atoms with Crippen LogP contribution in [0.5, 0.6) is 0 Å². The fraction of sp³-hybridized carbons (Fsp3) is 0.417. The Morgan fingerprint density at radius 3 is 2.75 bits per heavy atom. The van der Waals surface area contributed by atoms with E-state index in [4.69, 9.17) is 0 Å². The molecule has 2 amide bonds. The monoisotopic (exact) mass is 351 g/mol. The molecule has 0 unspecified atom stereocenters. The normalized spacial score (nSPS) is 15.4. The van der Waals surface area contributed by atoms with Crippen molar-refractivity contribution in [3.63, 3.8) is 0 Å². The number of hydrogen-bond donors (Lipinski definition) is 2. The molecule has 0 aliphatic carbocycles. The minimum Gasteiger partial charge on any atom is -0.383 e. The average molecular weight is 352 g/mol. The molecule has 0 bridgehead atoms. The van der Waals surface area contributed by atoms with Gasteiger partial charge in [0.15, 0.2) is 0 Å². The van der Waals surface area contributed by atoms with Gasteiger partial charge in [0.1, 0.15) is 0 Å². The van der Waals surface area contributed by atoms with Crippen molar-refractivity contribution in [1.29, 1.82) is 0 Å². The molecule has 0 atom stereocenters. The first-order valence-electron chi connectivity index (χ1n) is 6.01. The molecule has 2 rings (SSSR count). The smallest absolute Gasteiger partial charge is 0.383 e. The van der Waals surface area contributed by atoms with E-state index in [1.54, 1.807) is 11.0 Å². The summed E-state index contributed by atoms with van der Waals surface area (Å²) in [5, 5.41) is 5.55. The van der Waals surface area contributed by atoms with Crippen LogP contribution in [0.3, 0.4) is 0 Å². The van der Waals surface area contributed by atoms with Gasteiger partial charge in [-0.2, -0.15) is 13.2 Å². The van der Waals surface area contributed by atoms with E-state index < -0.39 is 11.7 Å². The quantitative estimate of drug-likeness (QED) is 0.875. The first kappa shape index (κ1) is 15.0. The molecule has 0 radical (unpaired) electrons. The van der Waals surface area contributed by atoms with Crippen LogP contribution in [0, 0.1) is 0 Å². The summed E-state index contributed by atoms with van der Waals surface area (Å²) in [5.74, 6) is 0. The summed E-state index contributed by atoms with van der Waals surface area (Å²) in [6, 6.07) is 3.82. The van der Waals surface area contributed by atoms with Crippen LogP contribution < -0.4 is 10.6 Å². The summed E-state index contributed by atoms with van der Waals surface area (Å²) >= 11 is 2.89. The predicted molar refractivity (Wildman–Crippen MR) is 72.6 cm³/mol. The Morgan fingerprint density at radius 1 is 1.40 bits per heavy atom. The SMILES string of the molecule is O=C1NCCN1CCNc1ccc(Br)c(C(F)(F)F)c1. The second-order valence-electron chi connectivity index (χ2n) is 4.34. The number of anilines is 1. The molecule has 2 N–H and O–H groups in total. The van der Waals surface area contributed by atoms with Crippen molar-refractivity contribution in [3.05, 3.63) is 28.2 Å². The van der Waals surface area contributed by atoms with Crippen molar-refractivity contribution in [3.8, 4) is 0 Å². The molecule has 0 saturated carbocycles. The van der Waals surface area contributed by atoms with Crippen LogP contribution in [0.2, 0.25) is 0 Å². The maximum atomic E-state index is 12.7. The molecule has 1 aromatic rings. The van der Waals surface area contributed by atoms with Gasteiger partial charge in [-0.3, -0.25) is 0 Å². The molecule has 1 aliphatic rings. The third-order valence-electron chi connectivity index (χ3n) is 2.93. The summed E-state index contributed by atoms with van der Waals surface area (Å²) in [5.41, 5.74) is -0.346. The van der Waals surface area contributed by atoms with Crippen molar-refractivity contribution in [1.82, 2.24) is 10.2 Å². The highest BCUT2D eigenvalue weighted by Gasteiger charge is 2.33. The number of nitrogens with one attached hydrogen (secondary N) is 2. The molecule has 1 fully saturated rings. The number of amides is 2. The molecular weight excluding hydrogens is 339 g/mol. The van der Waals surface area contributed by atoms with Gasteiger partial charge in [-0.05, 0) is 18.2 Å². The minimum absolute atomic E-state index is 0.00877. The van der Waals surface area contributed by atoms with Crippen molar-refractivity contribution in [2.45, 2.75) is 6.18 Å². The van der Waals surface area contributed by atoms with E-state index in [-0.39, 0.29) is 10.5 Å². The van der Waals surface area contributed by atoms with Crippen molar-refractivity contribution >= 4 is 27.6 Å². The van der Waals surface area contributed by atoms with Crippen molar-refractivity contribution in [2.24, 2.45) is 0 Å². The summed E-state index contributed by atoms with van der Waals surface area (Å²) in [6.45, 7) is 2.07. The summed E-state index contributed by atoms with van der Waals surface area (Å²) < 4.78 is 38.2. The number of urea groups is 1. The second-order valence-corrected chi connectivity index (χ2v) is 5.19. The highest BCUT2D eigenvalue weighted by atomic mass is 79.9. The Bertz CT molecular complexity index is 507. The molecule has 20 heavy (non-hydrogen) atoms. The number of hydrogen-bond acceptors (Lipinski definition) is 2. The van der Waals surface area contributed by atoms with E-state index in [1.165, 1.54) is 6.07 Å². The fourth-order valence-electron chi connectivity index (χ4n) is 1.91. The Morgan fingerprint density at radius 2 is 2.15 bits per heavy atom. The molecule has 1 heterocycles. The Labute approximate surface area is 122 Å². The Kier molecular flexibility index (Phi) is 4.42. The first-order valence-corrected chi connectivity index (χ1v) is 6.80. The topological polar surface area (TPSA) is 44.4 Å². The molecular formula is C12H13BrF3N3O. The van der Waals surface area contributed by atoms with Gasteiger partial charge in [0.25, 0.3) is 0 Å². The first-order chi connectivity index (χ1) is 9.38. The molecule has 1 saturated heterocycles. The number of rotatable bonds is 4. The van der Waals surface area contributed by atoms with Gasteiger partial charge in [0.05, 0.1) is 5.56 Å². The maximum absolute atomic E-state index is 12.7. The maximum Gasteiger partial charge on any atom is 0.417 e. The highest BCUT2D eigenvalue weighted by molar-refractivity contribution is 9.10. The van der Waals surface area contributed by atoms with Gasteiger partial charge < -0.3 is 15.5 Å². The van der Waals surface area contributed by atoms with Crippen LogP contribution in [-0.2, 0) is 6.18 Å². The van der Waals surface area contributed by atoms with Gasteiger partial charge in [0.2, 0.25) is 0 Å². The molecule has 1 aliphatic heterocycles. The van der Waals surface area contributed by atoms with E-state index in [0.29, 0.717) is 31.9 Å². The van der Waals surface area contributed by atoms with E-state index in [9.17, 15) is 18.0 Å². The lowest BCUT2D eigenvalue weighted by molar-refractivity contribution is -0.138. The second kappa shape index (κ2) is 5.90. The molecule has 0 aromatic heterocycles. The van der Waals surface area contributed by atoms with Crippen molar-refractivity contribution < 1.29 is 18.0 Å². The van der Waals surface area contributed by atoms with Crippen molar-refractivity contribution in [2.75, 3.05) is 31.5 Å². The lowest BCUT2D eigenvalue weighted by Gasteiger charge is -2.16. The van der Waals surface area contributed by atoms with Crippen LogP contribution in [0.1, 0.15) is 5.56 Å². The third kappa shape index (κ3) is 3.56. The standard InChI is InChI=1S/C12H13BrF3N3O/c13-10-2-1-8(7-9(10)12(14,15)16)17-3-5-19-6-4-18-11(19)20/h1-2,7,17H,3-6H2,(H,18,20). The predicted octanol–water partition coefficient (Wildman–Crippen LogP) is 2.91. The molecule has 110 valence electrons. The number of halogens is 4. The molecule has 8 heteroatoms. The molecule has 0 spiro atoms. The van der Waals surface area contributed by atoms with E-state index in [0.717, 1.165) is 6.07 Å². The van der Waals surface area contributed by atoms with E-state index >= 15 is 0 Å². The number of carbonyl (C=O) groups is 1. The zero-order chi connectivity index (χ0) is 14.8. The molecule has 4 nitrogen and oxygen atoms in total. The minimum atomic E-state index is -4.40. The largest absolute Gasteiger partial charge is 0.417 e. The Balaban J connectivity index is 1.95. The fourth-order valence-corrected chi connectivity index (χ4v) is 2.38. The number of carbonyl (C=O) groups excluding carboxylic acids is 1. The van der Waals surface area contributed by atoms with Gasteiger partial charge in [-0.1, -0.05) is 15.9 Å². The van der Waals surface area contributed by atoms with E-state index in [1.807, 2.05) is 0 Å².